The van der Waals surface area contributed by atoms with Crippen LogP contribution in [0.5, 0.6) is 0 Å². The third-order valence-electron chi connectivity index (χ3n) is 4.62. The van der Waals surface area contributed by atoms with Crippen molar-refractivity contribution in [3.05, 3.63) is 52.3 Å². The van der Waals surface area contributed by atoms with E-state index in [1.165, 1.54) is 16.9 Å². The lowest BCUT2D eigenvalue weighted by molar-refractivity contribution is 0.859. The first-order valence-corrected chi connectivity index (χ1v) is 8.41. The molecule has 0 saturated heterocycles. The molecule has 0 bridgehead atoms. The molecule has 0 unspecified atom stereocenters. The van der Waals surface area contributed by atoms with Crippen molar-refractivity contribution in [2.24, 2.45) is 5.73 Å². The van der Waals surface area contributed by atoms with Crippen LogP contribution in [0.25, 0.3) is 17.1 Å². The van der Waals surface area contributed by atoms with Gasteiger partial charge in [-0.3, -0.25) is 4.57 Å². The first-order chi connectivity index (χ1) is 11.3. The molecule has 3 aromatic rings. The van der Waals surface area contributed by atoms with E-state index in [0.717, 1.165) is 40.3 Å². The van der Waals surface area contributed by atoms with Gasteiger partial charge in [0.2, 0.25) is 0 Å². The second-order valence-corrected chi connectivity index (χ2v) is 6.74. The molecule has 23 heavy (non-hydrogen) atoms. The SMILES string of the molecule is NCc1nnc2n1-c1cc(Br)ccc1N1CCc3cccc-2c31. The second kappa shape index (κ2) is 4.66. The molecule has 0 fully saturated rings. The number of hydrogen-bond donors (Lipinski definition) is 1. The summed E-state index contributed by atoms with van der Waals surface area (Å²) in [6.07, 6.45) is 1.05. The third kappa shape index (κ3) is 1.70. The number of nitrogens with zero attached hydrogens (tertiary/aromatic N) is 4. The molecule has 5 rings (SSSR count). The minimum absolute atomic E-state index is 0.355. The molecule has 2 aliphatic rings. The number of para-hydroxylation sites is 1. The third-order valence-corrected chi connectivity index (χ3v) is 5.11. The smallest absolute Gasteiger partial charge is 0.170 e. The fourth-order valence-electron chi connectivity index (χ4n) is 3.66. The largest absolute Gasteiger partial charge is 0.339 e. The number of nitrogens with two attached hydrogens (primary N) is 1. The van der Waals surface area contributed by atoms with E-state index in [2.05, 4.69) is 72.0 Å². The number of benzene rings is 2. The van der Waals surface area contributed by atoms with Crippen LogP contribution in [-0.4, -0.2) is 21.3 Å². The summed E-state index contributed by atoms with van der Waals surface area (Å²) in [6.45, 7) is 1.34. The maximum absolute atomic E-state index is 5.91. The molecule has 5 nitrogen and oxygen atoms in total. The van der Waals surface area contributed by atoms with Gasteiger partial charge in [-0.1, -0.05) is 28.1 Å². The predicted molar refractivity (Wildman–Crippen MR) is 93.1 cm³/mol. The van der Waals surface area contributed by atoms with Gasteiger partial charge in [0.25, 0.3) is 0 Å². The lowest BCUT2D eigenvalue weighted by atomic mass is 10.1. The van der Waals surface area contributed by atoms with Gasteiger partial charge in [0, 0.05) is 16.6 Å². The zero-order valence-corrected chi connectivity index (χ0v) is 13.9. The van der Waals surface area contributed by atoms with Gasteiger partial charge in [-0.05, 0) is 36.2 Å². The number of halogens is 1. The highest BCUT2D eigenvalue weighted by Crippen LogP contribution is 2.47. The van der Waals surface area contributed by atoms with Crippen molar-refractivity contribution < 1.29 is 0 Å². The molecular weight excluding hydrogens is 354 g/mol. The number of aromatic nitrogens is 3. The van der Waals surface area contributed by atoms with E-state index >= 15 is 0 Å². The highest BCUT2D eigenvalue weighted by atomic mass is 79.9. The fourth-order valence-corrected chi connectivity index (χ4v) is 4.01. The van der Waals surface area contributed by atoms with Gasteiger partial charge >= 0.3 is 0 Å². The highest BCUT2D eigenvalue weighted by Gasteiger charge is 2.32. The van der Waals surface area contributed by atoms with E-state index in [0.29, 0.717) is 6.54 Å². The Morgan fingerprint density at radius 1 is 1.13 bits per heavy atom. The Kier molecular flexibility index (Phi) is 2.69. The Bertz CT molecular complexity index is 946. The summed E-state index contributed by atoms with van der Waals surface area (Å²) >= 11 is 3.59. The number of hydrogen-bond acceptors (Lipinski definition) is 4. The predicted octanol–water partition coefficient (Wildman–Crippen LogP) is 3.16. The van der Waals surface area contributed by atoms with Crippen molar-refractivity contribution in [1.29, 1.82) is 0 Å². The van der Waals surface area contributed by atoms with Crippen LogP contribution in [0, 0.1) is 0 Å². The van der Waals surface area contributed by atoms with Gasteiger partial charge < -0.3 is 10.6 Å². The Hall–Kier alpha value is -2.18. The minimum atomic E-state index is 0.355. The van der Waals surface area contributed by atoms with Gasteiger partial charge in [-0.15, -0.1) is 10.2 Å². The topological polar surface area (TPSA) is 60.0 Å². The maximum atomic E-state index is 5.91. The van der Waals surface area contributed by atoms with E-state index in [9.17, 15) is 0 Å². The Morgan fingerprint density at radius 2 is 2.04 bits per heavy atom. The van der Waals surface area contributed by atoms with Crippen molar-refractivity contribution in [2.45, 2.75) is 13.0 Å². The standard InChI is InChI=1S/C17H14BrN5/c18-11-4-5-13-14(8-11)23-15(9-19)20-21-17(23)12-3-1-2-10-6-7-22(13)16(10)12/h1-5,8H,6-7,9,19H2. The van der Waals surface area contributed by atoms with E-state index in [1.807, 2.05) is 0 Å². The molecule has 3 heterocycles. The van der Waals surface area contributed by atoms with E-state index < -0.39 is 0 Å². The van der Waals surface area contributed by atoms with Crippen LogP contribution >= 0.6 is 15.9 Å². The molecule has 0 amide bonds. The zero-order chi connectivity index (χ0) is 15.6. The van der Waals surface area contributed by atoms with Crippen LogP contribution in [0.2, 0.25) is 0 Å². The molecule has 0 saturated carbocycles. The van der Waals surface area contributed by atoms with Crippen LogP contribution in [0.1, 0.15) is 11.4 Å². The van der Waals surface area contributed by atoms with Gasteiger partial charge in [-0.25, -0.2) is 0 Å². The average molecular weight is 368 g/mol. The van der Waals surface area contributed by atoms with Crippen LogP contribution in [0.4, 0.5) is 11.4 Å². The van der Waals surface area contributed by atoms with Crippen molar-refractivity contribution in [1.82, 2.24) is 14.8 Å². The van der Waals surface area contributed by atoms with Crippen molar-refractivity contribution in [2.75, 3.05) is 11.4 Å². The van der Waals surface area contributed by atoms with E-state index in [4.69, 9.17) is 5.73 Å². The summed E-state index contributed by atoms with van der Waals surface area (Å²) in [6, 6.07) is 12.8. The number of rotatable bonds is 1. The molecule has 114 valence electrons. The van der Waals surface area contributed by atoms with Crippen LogP contribution in [0.3, 0.4) is 0 Å². The Morgan fingerprint density at radius 3 is 2.91 bits per heavy atom. The summed E-state index contributed by atoms with van der Waals surface area (Å²) in [5.74, 6) is 1.64. The number of fused-ring (bicyclic) bond motifs is 5. The maximum Gasteiger partial charge on any atom is 0.170 e. The zero-order valence-electron chi connectivity index (χ0n) is 12.3. The Balaban J connectivity index is 1.96. The second-order valence-electron chi connectivity index (χ2n) is 5.83. The molecule has 2 N–H and O–H groups in total. The summed E-state index contributed by atoms with van der Waals surface area (Å²) in [5, 5.41) is 8.77. The van der Waals surface area contributed by atoms with Crippen LogP contribution in [-0.2, 0) is 13.0 Å². The molecule has 0 aliphatic carbocycles. The lowest BCUT2D eigenvalue weighted by Crippen LogP contribution is -2.15. The molecule has 2 aromatic carbocycles. The quantitative estimate of drug-likeness (QED) is 0.717. The minimum Gasteiger partial charge on any atom is -0.339 e. The molecule has 1 aromatic heterocycles. The van der Waals surface area contributed by atoms with Crippen molar-refractivity contribution >= 4 is 27.3 Å². The Labute approximate surface area is 141 Å². The highest BCUT2D eigenvalue weighted by molar-refractivity contribution is 9.10. The average Bonchev–Trinajstić information content (AvgIpc) is 3.15. The summed E-state index contributed by atoms with van der Waals surface area (Å²) in [4.78, 5) is 2.39. The molecule has 2 aliphatic heterocycles. The summed E-state index contributed by atoms with van der Waals surface area (Å²) < 4.78 is 3.12. The fraction of sp³-hybridized carbons (Fsp3) is 0.176. The van der Waals surface area contributed by atoms with Crippen LogP contribution in [0.15, 0.2) is 40.9 Å². The monoisotopic (exact) mass is 367 g/mol. The van der Waals surface area contributed by atoms with Crippen molar-refractivity contribution in [3.8, 4) is 17.1 Å². The first kappa shape index (κ1) is 13.3. The first-order valence-electron chi connectivity index (χ1n) is 7.62. The molecular formula is C17H14BrN5. The summed E-state index contributed by atoms with van der Waals surface area (Å²) in [7, 11) is 0. The van der Waals surface area contributed by atoms with Crippen LogP contribution < -0.4 is 10.6 Å². The van der Waals surface area contributed by atoms with Gasteiger partial charge in [0.1, 0.15) is 0 Å². The molecule has 6 heteroatoms. The summed E-state index contributed by atoms with van der Waals surface area (Å²) in [5.41, 5.74) is 11.9. The van der Waals surface area contributed by atoms with Gasteiger partial charge in [-0.2, -0.15) is 0 Å². The van der Waals surface area contributed by atoms with Gasteiger partial charge in [0.15, 0.2) is 11.6 Å². The van der Waals surface area contributed by atoms with Crippen molar-refractivity contribution in [3.63, 3.8) is 0 Å². The normalized spacial score (nSPS) is 14.3. The lowest BCUT2D eigenvalue weighted by Gasteiger charge is -2.22. The molecule has 0 spiro atoms. The molecule has 0 radical (unpaired) electrons. The van der Waals surface area contributed by atoms with Gasteiger partial charge in [0.05, 0.1) is 23.6 Å². The van der Waals surface area contributed by atoms with E-state index in [-0.39, 0.29) is 0 Å². The van der Waals surface area contributed by atoms with E-state index in [1.54, 1.807) is 0 Å². The number of anilines is 2. The molecule has 0 atom stereocenters.